The molecule has 0 saturated carbocycles. The van der Waals surface area contributed by atoms with Crippen molar-refractivity contribution < 1.29 is 0 Å². The lowest BCUT2D eigenvalue weighted by Gasteiger charge is -2.08. The van der Waals surface area contributed by atoms with Crippen molar-refractivity contribution in [3.8, 4) is 6.07 Å². The molecule has 0 fully saturated rings. The minimum absolute atomic E-state index is 0.478. The second-order valence-corrected chi connectivity index (χ2v) is 4.51. The van der Waals surface area contributed by atoms with Crippen LogP contribution < -0.4 is 11.1 Å². The molecule has 0 bridgehead atoms. The molecule has 0 atom stereocenters. The highest BCUT2D eigenvalue weighted by Crippen LogP contribution is 2.12. The van der Waals surface area contributed by atoms with Crippen LogP contribution in [0.4, 0.5) is 11.6 Å². The Balaban J connectivity index is 2.04. The minimum atomic E-state index is 0.478. The number of hydrogen-bond acceptors (Lipinski definition) is 5. The molecule has 1 heterocycles. The maximum Gasteiger partial charge on any atom is 0.133 e. The fraction of sp³-hybridized carbons (Fsp3) is 0.267. The zero-order valence-corrected chi connectivity index (χ0v) is 11.4. The van der Waals surface area contributed by atoms with E-state index < -0.39 is 0 Å². The summed E-state index contributed by atoms with van der Waals surface area (Å²) in [4.78, 5) is 8.61. The van der Waals surface area contributed by atoms with E-state index in [9.17, 15) is 0 Å². The van der Waals surface area contributed by atoms with E-state index in [1.165, 1.54) is 0 Å². The Bertz CT molecular complexity index is 613. The van der Waals surface area contributed by atoms with Gasteiger partial charge in [-0.1, -0.05) is 19.1 Å². The molecule has 3 N–H and O–H groups in total. The normalized spacial score (nSPS) is 10.0. The molecule has 5 nitrogen and oxygen atoms in total. The first kappa shape index (κ1) is 13.8. The van der Waals surface area contributed by atoms with Gasteiger partial charge in [0.2, 0.25) is 0 Å². The molecule has 2 rings (SSSR count). The monoisotopic (exact) mass is 267 g/mol. The molecule has 0 aliphatic heterocycles. The third kappa shape index (κ3) is 3.69. The van der Waals surface area contributed by atoms with Gasteiger partial charge in [-0.3, -0.25) is 0 Å². The van der Waals surface area contributed by atoms with Crippen molar-refractivity contribution in [2.24, 2.45) is 0 Å². The number of aromatic nitrogens is 2. The van der Waals surface area contributed by atoms with Crippen LogP contribution in [0.15, 0.2) is 30.3 Å². The van der Waals surface area contributed by atoms with E-state index in [1.807, 2.05) is 12.1 Å². The molecule has 1 aromatic carbocycles. The van der Waals surface area contributed by atoms with E-state index in [2.05, 4.69) is 28.3 Å². The summed E-state index contributed by atoms with van der Waals surface area (Å²) in [6.07, 6.45) is 1.80. The van der Waals surface area contributed by atoms with Crippen LogP contribution in [0.25, 0.3) is 0 Å². The van der Waals surface area contributed by atoms with E-state index in [1.54, 1.807) is 18.2 Å². The van der Waals surface area contributed by atoms with Gasteiger partial charge in [-0.25, -0.2) is 9.97 Å². The number of nitriles is 1. The fourth-order valence-electron chi connectivity index (χ4n) is 1.83. The summed E-state index contributed by atoms with van der Waals surface area (Å²) < 4.78 is 0. The molecule has 5 heteroatoms. The van der Waals surface area contributed by atoms with Gasteiger partial charge in [-0.15, -0.1) is 0 Å². The molecule has 0 unspecified atom stereocenters. The molecule has 1 aromatic heterocycles. The molecule has 0 aliphatic carbocycles. The van der Waals surface area contributed by atoms with Crippen molar-refractivity contribution >= 4 is 11.6 Å². The van der Waals surface area contributed by atoms with E-state index in [4.69, 9.17) is 11.0 Å². The Morgan fingerprint density at radius 1 is 1.25 bits per heavy atom. The molecule has 2 aromatic rings. The smallest absolute Gasteiger partial charge is 0.133 e. The van der Waals surface area contributed by atoms with Gasteiger partial charge < -0.3 is 11.1 Å². The number of hydrogen-bond donors (Lipinski definition) is 2. The van der Waals surface area contributed by atoms with Crippen LogP contribution in [0, 0.1) is 11.3 Å². The second-order valence-electron chi connectivity index (χ2n) is 4.51. The average Bonchev–Trinajstić information content (AvgIpc) is 2.45. The van der Waals surface area contributed by atoms with Crippen LogP contribution >= 0.6 is 0 Å². The topological polar surface area (TPSA) is 87.6 Å². The Hall–Kier alpha value is -2.61. The highest BCUT2D eigenvalue weighted by molar-refractivity contribution is 5.45. The third-order valence-corrected chi connectivity index (χ3v) is 2.82. The standard InChI is InChI=1S/C15H17N5/c1-2-3-14-19-13(17)8-15(20-14)18-10-12-6-4-11(9-16)5-7-12/h4-8H,2-3,10H2,1H3,(H3,17,18,19,20). The number of nitrogen functional groups attached to an aromatic ring is 1. The highest BCUT2D eigenvalue weighted by atomic mass is 15.0. The second kappa shape index (κ2) is 6.53. The van der Waals surface area contributed by atoms with Crippen molar-refractivity contribution in [3.63, 3.8) is 0 Å². The van der Waals surface area contributed by atoms with Crippen LogP contribution in [0.5, 0.6) is 0 Å². The van der Waals surface area contributed by atoms with Crippen molar-refractivity contribution in [2.75, 3.05) is 11.1 Å². The first-order valence-electron chi connectivity index (χ1n) is 6.57. The Labute approximate surface area is 118 Å². The van der Waals surface area contributed by atoms with Crippen LogP contribution in [0.3, 0.4) is 0 Å². The van der Waals surface area contributed by atoms with Gasteiger partial charge in [0.15, 0.2) is 0 Å². The summed E-state index contributed by atoms with van der Waals surface area (Å²) in [5.41, 5.74) is 7.51. The molecule has 0 amide bonds. The van der Waals surface area contributed by atoms with E-state index >= 15 is 0 Å². The maximum absolute atomic E-state index is 8.75. The molecule has 0 saturated heterocycles. The summed E-state index contributed by atoms with van der Waals surface area (Å²) in [6, 6.07) is 11.3. The summed E-state index contributed by atoms with van der Waals surface area (Å²) >= 11 is 0. The first-order chi connectivity index (χ1) is 9.71. The van der Waals surface area contributed by atoms with E-state index in [0.717, 1.165) is 30.0 Å². The number of nitrogens with one attached hydrogen (secondary N) is 1. The number of aryl methyl sites for hydroxylation is 1. The number of rotatable bonds is 5. The highest BCUT2D eigenvalue weighted by Gasteiger charge is 2.02. The Morgan fingerprint density at radius 3 is 2.65 bits per heavy atom. The molecule has 0 radical (unpaired) electrons. The lowest BCUT2D eigenvalue weighted by molar-refractivity contribution is 0.836. The van der Waals surface area contributed by atoms with Crippen molar-refractivity contribution in [1.82, 2.24) is 9.97 Å². The lowest BCUT2D eigenvalue weighted by atomic mass is 10.1. The first-order valence-corrected chi connectivity index (χ1v) is 6.57. The third-order valence-electron chi connectivity index (χ3n) is 2.82. The summed E-state index contributed by atoms with van der Waals surface area (Å²) in [5.74, 6) is 1.96. The predicted octanol–water partition coefficient (Wildman–Crippen LogP) is 2.50. The minimum Gasteiger partial charge on any atom is -0.384 e. The van der Waals surface area contributed by atoms with E-state index in [0.29, 0.717) is 17.9 Å². The molecule has 102 valence electrons. The molecule has 20 heavy (non-hydrogen) atoms. The average molecular weight is 267 g/mol. The van der Waals surface area contributed by atoms with Crippen LogP contribution in [0.2, 0.25) is 0 Å². The quantitative estimate of drug-likeness (QED) is 0.869. The summed E-state index contributed by atoms with van der Waals surface area (Å²) in [5, 5.41) is 12.0. The van der Waals surface area contributed by atoms with E-state index in [-0.39, 0.29) is 0 Å². The Kier molecular flexibility index (Phi) is 4.51. The van der Waals surface area contributed by atoms with Gasteiger partial charge in [-0.2, -0.15) is 5.26 Å². The van der Waals surface area contributed by atoms with Gasteiger partial charge in [0, 0.05) is 19.0 Å². The molecule has 0 spiro atoms. The van der Waals surface area contributed by atoms with Gasteiger partial charge >= 0.3 is 0 Å². The molecular formula is C15H17N5. The SMILES string of the molecule is CCCc1nc(N)cc(NCc2ccc(C#N)cc2)n1. The van der Waals surface area contributed by atoms with Crippen molar-refractivity contribution in [2.45, 2.75) is 26.3 Å². The number of benzene rings is 1. The van der Waals surface area contributed by atoms with Crippen molar-refractivity contribution in [3.05, 3.63) is 47.3 Å². The predicted molar refractivity (Wildman–Crippen MR) is 78.9 cm³/mol. The lowest BCUT2D eigenvalue weighted by Crippen LogP contribution is -2.06. The molecule has 0 aliphatic rings. The largest absolute Gasteiger partial charge is 0.384 e. The number of anilines is 2. The molecular weight excluding hydrogens is 250 g/mol. The van der Waals surface area contributed by atoms with Crippen LogP contribution in [-0.4, -0.2) is 9.97 Å². The van der Waals surface area contributed by atoms with Gasteiger partial charge in [0.25, 0.3) is 0 Å². The van der Waals surface area contributed by atoms with Gasteiger partial charge in [-0.05, 0) is 24.1 Å². The van der Waals surface area contributed by atoms with Crippen LogP contribution in [0.1, 0.15) is 30.3 Å². The van der Waals surface area contributed by atoms with Gasteiger partial charge in [0.1, 0.15) is 17.5 Å². The Morgan fingerprint density at radius 2 is 2.00 bits per heavy atom. The number of nitrogens with zero attached hydrogens (tertiary/aromatic N) is 3. The van der Waals surface area contributed by atoms with Gasteiger partial charge in [0.05, 0.1) is 11.6 Å². The summed E-state index contributed by atoms with van der Waals surface area (Å²) in [7, 11) is 0. The van der Waals surface area contributed by atoms with Crippen LogP contribution in [-0.2, 0) is 13.0 Å². The van der Waals surface area contributed by atoms with Crippen molar-refractivity contribution in [1.29, 1.82) is 5.26 Å². The maximum atomic E-state index is 8.75. The summed E-state index contributed by atoms with van der Waals surface area (Å²) in [6.45, 7) is 2.71. The zero-order chi connectivity index (χ0) is 14.4. The fourth-order valence-corrected chi connectivity index (χ4v) is 1.83. The zero-order valence-electron chi connectivity index (χ0n) is 11.4. The number of nitrogens with two attached hydrogens (primary N) is 1.